The first-order valence-corrected chi connectivity index (χ1v) is 14.9. The van der Waals surface area contributed by atoms with Crippen LogP contribution >= 0.6 is 0 Å². The van der Waals surface area contributed by atoms with E-state index in [2.05, 4.69) is 10.6 Å². The molecule has 2 aliphatic carbocycles. The molecule has 1 unspecified atom stereocenters. The first kappa shape index (κ1) is 33.3. The summed E-state index contributed by atoms with van der Waals surface area (Å²) in [5.74, 6) is 0.579. The van der Waals surface area contributed by atoms with Gasteiger partial charge in [0.1, 0.15) is 30.5 Å². The number of hydrogen-bond acceptors (Lipinski definition) is 15. The molecule has 41 heavy (non-hydrogen) atoms. The summed E-state index contributed by atoms with van der Waals surface area (Å²) in [5, 5.41) is 67.4. The van der Waals surface area contributed by atoms with E-state index < -0.39 is 80.0 Å². The molecule has 4 aliphatic rings. The second-order valence-electron chi connectivity index (χ2n) is 12.1. The maximum atomic E-state index is 11.5. The fourth-order valence-corrected chi connectivity index (χ4v) is 6.25. The van der Waals surface area contributed by atoms with E-state index in [0.717, 1.165) is 25.8 Å². The highest BCUT2D eigenvalue weighted by Crippen LogP contribution is 2.32. The zero-order valence-electron chi connectivity index (χ0n) is 23.5. The molecular formula is C26H51N5O10. The van der Waals surface area contributed by atoms with E-state index in [0.29, 0.717) is 24.9 Å². The highest BCUT2D eigenvalue weighted by molar-refractivity contribution is 5.02. The Balaban J connectivity index is 1.41. The highest BCUT2D eigenvalue weighted by atomic mass is 16.7. The van der Waals surface area contributed by atoms with Crippen LogP contribution in [0.4, 0.5) is 0 Å². The van der Waals surface area contributed by atoms with E-state index in [9.17, 15) is 30.6 Å². The molecule has 0 aromatic heterocycles. The molecule has 2 saturated heterocycles. The van der Waals surface area contributed by atoms with Crippen LogP contribution in [-0.2, 0) is 18.9 Å². The molecule has 15 heteroatoms. The third-order valence-electron chi connectivity index (χ3n) is 8.78. The molecule has 12 atom stereocenters. The van der Waals surface area contributed by atoms with Crippen LogP contribution in [0.25, 0.3) is 0 Å². The topological polar surface area (TPSA) is 260 Å². The van der Waals surface area contributed by atoms with E-state index in [1.807, 2.05) is 0 Å². The summed E-state index contributed by atoms with van der Waals surface area (Å²) in [5.41, 5.74) is 18.7. The number of nitrogens with two attached hydrogens (primary N) is 3. The lowest BCUT2D eigenvalue weighted by atomic mass is 9.81. The van der Waals surface area contributed by atoms with Gasteiger partial charge in [0.05, 0.1) is 44.1 Å². The number of aliphatic hydroxyl groups is 6. The molecule has 0 amide bonds. The Hall–Kier alpha value is -0.600. The normalized spacial score (nSPS) is 45.5. The van der Waals surface area contributed by atoms with Gasteiger partial charge in [-0.2, -0.15) is 0 Å². The largest absolute Gasteiger partial charge is 0.395 e. The molecule has 2 saturated carbocycles. The third kappa shape index (κ3) is 8.53. The van der Waals surface area contributed by atoms with E-state index in [4.69, 9.17) is 36.1 Å². The number of hydrogen-bond donors (Lipinski definition) is 11. The molecule has 4 rings (SSSR count). The average Bonchev–Trinajstić information content (AvgIpc) is 2.93. The van der Waals surface area contributed by atoms with Crippen molar-refractivity contribution in [1.29, 1.82) is 0 Å². The van der Waals surface area contributed by atoms with Gasteiger partial charge in [-0.05, 0) is 44.6 Å². The predicted molar refractivity (Wildman–Crippen MR) is 145 cm³/mol. The first-order valence-electron chi connectivity index (χ1n) is 14.9. The van der Waals surface area contributed by atoms with Gasteiger partial charge in [0.2, 0.25) is 0 Å². The van der Waals surface area contributed by atoms with Crippen molar-refractivity contribution >= 4 is 0 Å². The van der Waals surface area contributed by atoms with E-state index in [1.165, 1.54) is 0 Å². The second kappa shape index (κ2) is 15.4. The zero-order chi connectivity index (χ0) is 29.7. The lowest BCUT2D eigenvalue weighted by Crippen LogP contribution is -2.68. The molecule has 14 N–H and O–H groups in total. The molecule has 0 aromatic carbocycles. The molecule has 2 heterocycles. The lowest BCUT2D eigenvalue weighted by Gasteiger charge is -2.48. The summed E-state index contributed by atoms with van der Waals surface area (Å²) in [6, 6.07) is -2.22. The summed E-state index contributed by atoms with van der Waals surface area (Å²) < 4.78 is 24.1. The van der Waals surface area contributed by atoms with Crippen molar-refractivity contribution in [2.24, 2.45) is 23.1 Å². The monoisotopic (exact) mass is 593 g/mol. The Morgan fingerprint density at radius 1 is 0.780 bits per heavy atom. The highest BCUT2D eigenvalue weighted by Gasteiger charge is 2.49. The van der Waals surface area contributed by atoms with Gasteiger partial charge in [0, 0.05) is 31.1 Å². The average molecular weight is 594 g/mol. The van der Waals surface area contributed by atoms with Gasteiger partial charge in [-0.3, -0.25) is 0 Å². The van der Waals surface area contributed by atoms with Gasteiger partial charge in [0.15, 0.2) is 12.6 Å². The van der Waals surface area contributed by atoms with Crippen molar-refractivity contribution < 1.29 is 49.6 Å². The molecule has 240 valence electrons. The number of aliphatic hydroxyl groups excluding tert-OH is 6. The molecule has 0 bridgehead atoms. The van der Waals surface area contributed by atoms with Crippen molar-refractivity contribution in [3.63, 3.8) is 0 Å². The summed E-state index contributed by atoms with van der Waals surface area (Å²) in [6.07, 6.45) is -5.32. The molecular weight excluding hydrogens is 542 g/mol. The summed E-state index contributed by atoms with van der Waals surface area (Å²) in [4.78, 5) is 0. The van der Waals surface area contributed by atoms with Gasteiger partial charge in [-0.25, -0.2) is 0 Å². The lowest BCUT2D eigenvalue weighted by molar-refractivity contribution is -0.311. The second-order valence-corrected chi connectivity index (χ2v) is 12.1. The van der Waals surface area contributed by atoms with Crippen molar-refractivity contribution in [3.8, 4) is 0 Å². The van der Waals surface area contributed by atoms with Crippen molar-refractivity contribution in [3.05, 3.63) is 0 Å². The maximum Gasteiger partial charge on any atom is 0.184 e. The van der Waals surface area contributed by atoms with E-state index >= 15 is 0 Å². The Bertz CT molecular complexity index is 781. The molecule has 2 aliphatic heterocycles. The summed E-state index contributed by atoms with van der Waals surface area (Å²) in [6.45, 7) is 0.266. The van der Waals surface area contributed by atoms with Gasteiger partial charge in [-0.15, -0.1) is 0 Å². The summed E-state index contributed by atoms with van der Waals surface area (Å²) in [7, 11) is 0. The Kier molecular flexibility index (Phi) is 12.5. The van der Waals surface area contributed by atoms with Crippen LogP contribution in [0, 0.1) is 5.92 Å². The minimum absolute atomic E-state index is 0.0973. The van der Waals surface area contributed by atoms with Crippen molar-refractivity contribution in [2.75, 3.05) is 32.9 Å². The van der Waals surface area contributed by atoms with Crippen LogP contribution in [0.3, 0.4) is 0 Å². The minimum atomic E-state index is -1.35. The fraction of sp³-hybridized carbons (Fsp3) is 1.00. The van der Waals surface area contributed by atoms with Crippen LogP contribution in [0.2, 0.25) is 0 Å². The van der Waals surface area contributed by atoms with Crippen LogP contribution in [-0.4, -0.2) is 149 Å². The SMILES string of the molecule is NC1CC(CNC[C@@H]2CC[C@@H](N)[C@@H](OC3[C@@H](N)C[C@@H](NC(CO)CO)[C@H](O[C@H]4O[C@H](CO)[C@@H](O)C[C@H]4O)[C@H]3O)O2)C1. The Morgan fingerprint density at radius 2 is 1.49 bits per heavy atom. The van der Waals surface area contributed by atoms with Crippen molar-refractivity contribution in [1.82, 2.24) is 10.6 Å². The van der Waals surface area contributed by atoms with E-state index in [1.54, 1.807) is 0 Å². The fourth-order valence-electron chi connectivity index (χ4n) is 6.25. The first-order chi connectivity index (χ1) is 19.6. The van der Waals surface area contributed by atoms with Crippen LogP contribution in [0.5, 0.6) is 0 Å². The van der Waals surface area contributed by atoms with Crippen LogP contribution in [0.1, 0.15) is 38.5 Å². The van der Waals surface area contributed by atoms with Crippen LogP contribution in [0.15, 0.2) is 0 Å². The number of nitrogens with one attached hydrogen (secondary N) is 2. The minimum Gasteiger partial charge on any atom is -0.395 e. The number of ether oxygens (including phenoxy) is 4. The summed E-state index contributed by atoms with van der Waals surface area (Å²) >= 11 is 0. The van der Waals surface area contributed by atoms with Gasteiger partial charge in [-0.1, -0.05) is 0 Å². The molecule has 0 aromatic rings. The Labute approximate surface area is 240 Å². The molecule has 0 radical (unpaired) electrons. The van der Waals surface area contributed by atoms with Gasteiger partial charge < -0.3 is 77.4 Å². The molecule has 0 spiro atoms. The van der Waals surface area contributed by atoms with E-state index in [-0.39, 0.29) is 32.2 Å². The third-order valence-corrected chi connectivity index (χ3v) is 8.78. The van der Waals surface area contributed by atoms with Crippen molar-refractivity contribution in [2.45, 2.75) is 124 Å². The quantitative estimate of drug-likeness (QED) is 0.0956. The maximum absolute atomic E-state index is 11.5. The number of rotatable bonds is 13. The molecule has 15 nitrogen and oxygen atoms in total. The van der Waals surface area contributed by atoms with Crippen LogP contribution < -0.4 is 27.8 Å². The van der Waals surface area contributed by atoms with Gasteiger partial charge >= 0.3 is 0 Å². The smallest absolute Gasteiger partial charge is 0.184 e. The predicted octanol–water partition coefficient (Wildman–Crippen LogP) is -4.85. The zero-order valence-corrected chi connectivity index (χ0v) is 23.5. The standard InChI is InChI=1S/C26H51N5O10/c27-13-3-12(4-13)7-30-8-15-1-2-16(28)25(38-15)40-23-17(29)5-18(31-14(9-32)10-33)24(22(23)37)41-26-20(36)6-19(35)21(11-34)39-26/h12-26,30-37H,1-11,27-29H2/t12?,13?,15-,16+,17-,18+,19-,20+,21+,22-,23?,24-,25+,26+/m0/s1. The molecule has 4 fully saturated rings. The van der Waals surface area contributed by atoms with Gasteiger partial charge in [0.25, 0.3) is 0 Å². The Morgan fingerprint density at radius 3 is 2.15 bits per heavy atom.